The third-order valence-corrected chi connectivity index (χ3v) is 7.91. The van der Waals surface area contributed by atoms with Crippen molar-refractivity contribution in [3.05, 3.63) is 65.7 Å². The molecule has 2 amide bonds. The molecular weight excluding hydrogens is 441 g/mol. The van der Waals surface area contributed by atoms with E-state index in [4.69, 9.17) is 5.73 Å². The monoisotopic (exact) mass is 479 g/mol. The van der Waals surface area contributed by atoms with Gasteiger partial charge in [0.05, 0.1) is 5.41 Å². The highest BCUT2D eigenvalue weighted by Gasteiger charge is 2.47. The molecule has 1 spiro atoms. The zero-order chi connectivity index (χ0) is 24.0. The lowest BCUT2D eigenvalue weighted by Crippen LogP contribution is -2.44. The third-order valence-electron chi connectivity index (χ3n) is 7.53. The molecule has 0 radical (unpaired) electrons. The van der Waals surface area contributed by atoms with Gasteiger partial charge in [0.1, 0.15) is 0 Å². The molecule has 0 aromatic heterocycles. The number of nitrogens with two attached hydrogens (primary N) is 1. The van der Waals surface area contributed by atoms with E-state index in [1.807, 2.05) is 0 Å². The average molecular weight is 480 g/mol. The first-order valence-corrected chi connectivity index (χ1v) is 13.2. The van der Waals surface area contributed by atoms with E-state index >= 15 is 0 Å². The van der Waals surface area contributed by atoms with Gasteiger partial charge in [-0.2, -0.15) is 0 Å². The summed E-state index contributed by atoms with van der Waals surface area (Å²) in [5, 5.41) is 1.19. The predicted molar refractivity (Wildman–Crippen MR) is 141 cm³/mol. The van der Waals surface area contributed by atoms with Crippen LogP contribution in [0.5, 0.6) is 0 Å². The van der Waals surface area contributed by atoms with Crippen LogP contribution in [0.2, 0.25) is 0 Å². The van der Waals surface area contributed by atoms with Gasteiger partial charge in [-0.05, 0) is 81.0 Å². The van der Waals surface area contributed by atoms with Crippen molar-refractivity contribution in [2.24, 2.45) is 17.1 Å². The Bertz CT molecular complexity index is 951. The number of rotatable bonds is 7. The fourth-order valence-corrected chi connectivity index (χ4v) is 5.27. The second-order valence-electron chi connectivity index (χ2n) is 10.1. The summed E-state index contributed by atoms with van der Waals surface area (Å²) in [5.41, 5.74) is 7.43. The third kappa shape index (κ3) is 6.67. The normalized spacial score (nSPS) is 19.7. The lowest BCUT2D eigenvalue weighted by molar-refractivity contribution is -0.138. The van der Waals surface area contributed by atoms with Crippen LogP contribution in [0.15, 0.2) is 54.6 Å². The van der Waals surface area contributed by atoms with Crippen LogP contribution in [0.1, 0.15) is 49.7 Å². The standard InChI is InChI=1S/C24H31N2OP.C4H7NO/c27-23-24(14-18-26(23)19-21-8-10-22(28)11-9-21)12-16-25(17-13-24)15-4-7-20-5-2-1-3-6-20;5-4(6)3-1-2-3/h1-3,5-6,8-11H,4,7,12-19,28H2;3H,1-2H2,(H2,5,6). The second kappa shape index (κ2) is 11.5. The molecule has 2 saturated heterocycles. The number of carbonyl (C=O) groups is 2. The lowest BCUT2D eigenvalue weighted by Gasteiger charge is -2.38. The van der Waals surface area contributed by atoms with Gasteiger partial charge < -0.3 is 15.5 Å². The van der Waals surface area contributed by atoms with E-state index in [0.29, 0.717) is 5.91 Å². The summed E-state index contributed by atoms with van der Waals surface area (Å²) in [7, 11) is 2.72. The largest absolute Gasteiger partial charge is 0.369 e. The topological polar surface area (TPSA) is 66.6 Å². The summed E-state index contributed by atoms with van der Waals surface area (Å²) in [4.78, 5) is 27.8. The van der Waals surface area contributed by atoms with Gasteiger partial charge in [0.2, 0.25) is 11.8 Å². The highest BCUT2D eigenvalue weighted by molar-refractivity contribution is 7.27. The van der Waals surface area contributed by atoms with Crippen LogP contribution in [-0.2, 0) is 22.6 Å². The van der Waals surface area contributed by atoms with Crippen molar-refractivity contribution >= 4 is 26.4 Å². The van der Waals surface area contributed by atoms with Gasteiger partial charge in [0.25, 0.3) is 0 Å². The number of amides is 2. The highest BCUT2D eigenvalue weighted by atomic mass is 31.0. The molecule has 2 heterocycles. The zero-order valence-electron chi connectivity index (χ0n) is 20.1. The van der Waals surface area contributed by atoms with Crippen molar-refractivity contribution in [3.63, 3.8) is 0 Å². The van der Waals surface area contributed by atoms with Crippen molar-refractivity contribution in [1.82, 2.24) is 9.80 Å². The Morgan fingerprint density at radius 2 is 1.59 bits per heavy atom. The Kier molecular flexibility index (Phi) is 8.39. The molecule has 6 heteroatoms. The number of primary amides is 1. The van der Waals surface area contributed by atoms with Gasteiger partial charge in [0.15, 0.2) is 0 Å². The van der Waals surface area contributed by atoms with Gasteiger partial charge in [-0.25, -0.2) is 0 Å². The number of nitrogens with zero attached hydrogens (tertiary/aromatic N) is 2. The maximum Gasteiger partial charge on any atom is 0.229 e. The number of piperidine rings is 1. The zero-order valence-corrected chi connectivity index (χ0v) is 21.3. The first-order valence-electron chi connectivity index (χ1n) is 12.6. The number of aryl methyl sites for hydroxylation is 1. The maximum atomic E-state index is 13.2. The Hall–Kier alpha value is -2.23. The molecule has 1 unspecified atom stereocenters. The molecule has 2 aromatic rings. The molecule has 3 aliphatic rings. The van der Waals surface area contributed by atoms with E-state index < -0.39 is 0 Å². The first kappa shape index (κ1) is 24.9. The SMILES string of the molecule is NC(=O)C1CC1.O=C1N(Cc2ccc(P)cc2)CCC12CCN(CCCc1ccccc1)CC2. The molecule has 2 N–H and O–H groups in total. The Morgan fingerprint density at radius 1 is 0.941 bits per heavy atom. The average Bonchev–Trinajstić information content (AvgIpc) is 3.67. The highest BCUT2D eigenvalue weighted by Crippen LogP contribution is 2.42. The van der Waals surface area contributed by atoms with Crippen LogP contribution in [0, 0.1) is 11.3 Å². The molecule has 5 nitrogen and oxygen atoms in total. The van der Waals surface area contributed by atoms with Gasteiger partial charge >= 0.3 is 0 Å². The number of likely N-dealkylation sites (tertiary alicyclic amines) is 2. The summed E-state index contributed by atoms with van der Waals surface area (Å²) in [6.45, 7) is 4.94. The fraction of sp³-hybridized carbons (Fsp3) is 0.500. The predicted octanol–water partition coefficient (Wildman–Crippen LogP) is 3.52. The van der Waals surface area contributed by atoms with Gasteiger partial charge in [0, 0.05) is 19.0 Å². The van der Waals surface area contributed by atoms with Crippen molar-refractivity contribution < 1.29 is 9.59 Å². The van der Waals surface area contributed by atoms with Crippen molar-refractivity contribution in [2.75, 3.05) is 26.2 Å². The summed E-state index contributed by atoms with van der Waals surface area (Å²) < 4.78 is 0. The van der Waals surface area contributed by atoms with E-state index in [-0.39, 0.29) is 17.2 Å². The van der Waals surface area contributed by atoms with E-state index in [9.17, 15) is 9.59 Å². The number of hydrogen-bond donors (Lipinski definition) is 1. The molecule has 5 rings (SSSR count). The van der Waals surface area contributed by atoms with Gasteiger partial charge in [-0.1, -0.05) is 54.6 Å². The van der Waals surface area contributed by atoms with Gasteiger partial charge in [-0.15, -0.1) is 9.24 Å². The molecule has 1 atom stereocenters. The maximum absolute atomic E-state index is 13.2. The van der Waals surface area contributed by atoms with Gasteiger partial charge in [-0.3, -0.25) is 9.59 Å². The Labute approximate surface area is 206 Å². The number of hydrogen-bond acceptors (Lipinski definition) is 3. The molecule has 3 fully saturated rings. The lowest BCUT2D eigenvalue weighted by atomic mass is 9.77. The van der Waals surface area contributed by atoms with E-state index in [2.05, 4.69) is 73.6 Å². The van der Waals surface area contributed by atoms with Crippen LogP contribution in [0.4, 0.5) is 0 Å². The summed E-state index contributed by atoms with van der Waals surface area (Å²) in [6.07, 6.45) is 7.47. The number of carbonyl (C=O) groups excluding carboxylic acids is 2. The van der Waals surface area contributed by atoms with Crippen molar-refractivity contribution in [1.29, 1.82) is 0 Å². The molecule has 182 valence electrons. The molecule has 2 aliphatic heterocycles. The van der Waals surface area contributed by atoms with Crippen LogP contribution >= 0.6 is 9.24 Å². The Morgan fingerprint density at radius 3 is 2.18 bits per heavy atom. The minimum Gasteiger partial charge on any atom is -0.369 e. The first-order chi connectivity index (χ1) is 16.4. The molecular formula is C28H38N3O2P. The molecule has 1 aliphatic carbocycles. The van der Waals surface area contributed by atoms with Crippen LogP contribution in [0.3, 0.4) is 0 Å². The molecule has 1 saturated carbocycles. The molecule has 2 aromatic carbocycles. The van der Waals surface area contributed by atoms with E-state index in [0.717, 1.165) is 71.2 Å². The van der Waals surface area contributed by atoms with Crippen molar-refractivity contribution in [2.45, 2.75) is 51.5 Å². The van der Waals surface area contributed by atoms with Crippen LogP contribution < -0.4 is 11.0 Å². The van der Waals surface area contributed by atoms with E-state index in [1.165, 1.54) is 22.9 Å². The van der Waals surface area contributed by atoms with Crippen LogP contribution in [-0.4, -0.2) is 47.8 Å². The van der Waals surface area contributed by atoms with E-state index in [1.54, 1.807) is 0 Å². The molecule has 34 heavy (non-hydrogen) atoms. The smallest absolute Gasteiger partial charge is 0.229 e. The quantitative estimate of drug-likeness (QED) is 0.618. The fourth-order valence-electron chi connectivity index (χ4n) is 5.08. The Balaban J connectivity index is 0.000000398. The van der Waals surface area contributed by atoms with Crippen molar-refractivity contribution in [3.8, 4) is 0 Å². The summed E-state index contributed by atoms with van der Waals surface area (Å²) in [5.74, 6) is 0.506. The molecule has 0 bridgehead atoms. The number of benzene rings is 2. The van der Waals surface area contributed by atoms with Crippen LogP contribution in [0.25, 0.3) is 0 Å². The summed E-state index contributed by atoms with van der Waals surface area (Å²) in [6, 6.07) is 19.2. The second-order valence-corrected chi connectivity index (χ2v) is 10.8. The summed E-state index contributed by atoms with van der Waals surface area (Å²) >= 11 is 0. The minimum absolute atomic E-state index is 0.0868. The minimum atomic E-state index is -0.130.